The molecule has 0 saturated heterocycles. The Morgan fingerprint density at radius 3 is 2.60 bits per heavy atom. The lowest BCUT2D eigenvalue weighted by atomic mass is 10.1. The van der Waals surface area contributed by atoms with Crippen molar-refractivity contribution in [1.29, 1.82) is 0 Å². The van der Waals surface area contributed by atoms with Crippen molar-refractivity contribution < 1.29 is 18.7 Å². The molecule has 0 unspecified atom stereocenters. The second-order valence-corrected chi connectivity index (χ2v) is 3.08. The van der Waals surface area contributed by atoms with Crippen LogP contribution in [0, 0.1) is 5.82 Å². The SMILES string of the molecule is COC(OC)C(=O)Cc1cccc(F)c1. The molecule has 15 heavy (non-hydrogen) atoms. The van der Waals surface area contributed by atoms with E-state index in [2.05, 4.69) is 0 Å². The topological polar surface area (TPSA) is 35.5 Å². The van der Waals surface area contributed by atoms with Crippen LogP contribution in [0.2, 0.25) is 0 Å². The van der Waals surface area contributed by atoms with E-state index in [1.807, 2.05) is 0 Å². The quantitative estimate of drug-likeness (QED) is 0.695. The van der Waals surface area contributed by atoms with Gasteiger partial charge in [0.1, 0.15) is 5.82 Å². The molecule has 0 spiro atoms. The highest BCUT2D eigenvalue weighted by Crippen LogP contribution is 2.07. The molecule has 1 aromatic rings. The van der Waals surface area contributed by atoms with E-state index in [0.717, 1.165) is 0 Å². The minimum atomic E-state index is -0.881. The van der Waals surface area contributed by atoms with Crippen LogP contribution >= 0.6 is 0 Å². The van der Waals surface area contributed by atoms with Gasteiger partial charge in [-0.25, -0.2) is 4.39 Å². The number of halogens is 1. The predicted molar refractivity (Wildman–Crippen MR) is 52.9 cm³/mol. The molecule has 4 heteroatoms. The molecule has 0 heterocycles. The van der Waals surface area contributed by atoms with Gasteiger partial charge in [-0.05, 0) is 17.7 Å². The van der Waals surface area contributed by atoms with Gasteiger partial charge in [0.15, 0.2) is 5.78 Å². The number of hydrogen-bond acceptors (Lipinski definition) is 3. The molecule has 0 aliphatic heterocycles. The standard InChI is InChI=1S/C11H13FO3/c1-14-11(15-2)10(13)7-8-4-3-5-9(12)6-8/h3-6,11H,7H2,1-2H3. The van der Waals surface area contributed by atoms with Crippen LogP contribution in [0.4, 0.5) is 4.39 Å². The van der Waals surface area contributed by atoms with Crippen molar-refractivity contribution in [3.8, 4) is 0 Å². The van der Waals surface area contributed by atoms with Gasteiger partial charge in [0.25, 0.3) is 0 Å². The average molecular weight is 212 g/mol. The molecule has 1 rings (SSSR count). The Kier molecular flexibility index (Phi) is 4.39. The smallest absolute Gasteiger partial charge is 0.217 e. The van der Waals surface area contributed by atoms with Gasteiger partial charge in [-0.1, -0.05) is 12.1 Å². The number of ether oxygens (including phenoxy) is 2. The third-order valence-electron chi connectivity index (χ3n) is 1.96. The van der Waals surface area contributed by atoms with Gasteiger partial charge in [0.2, 0.25) is 6.29 Å². The molecular formula is C11H13FO3. The second-order valence-electron chi connectivity index (χ2n) is 3.08. The number of methoxy groups -OCH3 is 2. The second kappa shape index (κ2) is 5.58. The number of Topliss-reactive ketones (excluding diaryl/α,β-unsaturated/α-hetero) is 1. The molecule has 1 aromatic carbocycles. The Balaban J connectivity index is 2.65. The first-order valence-electron chi connectivity index (χ1n) is 4.50. The van der Waals surface area contributed by atoms with Crippen molar-refractivity contribution in [1.82, 2.24) is 0 Å². The molecule has 0 aliphatic carbocycles. The predicted octanol–water partition coefficient (Wildman–Crippen LogP) is 1.56. The first-order valence-corrected chi connectivity index (χ1v) is 4.50. The van der Waals surface area contributed by atoms with Gasteiger partial charge >= 0.3 is 0 Å². The number of ketones is 1. The molecule has 82 valence electrons. The number of carbonyl (C=O) groups excluding carboxylic acids is 1. The fourth-order valence-corrected chi connectivity index (χ4v) is 1.29. The summed E-state index contributed by atoms with van der Waals surface area (Å²) in [5.74, 6) is -0.586. The number of carbonyl (C=O) groups is 1. The molecular weight excluding hydrogens is 199 g/mol. The summed E-state index contributed by atoms with van der Waals surface area (Å²) in [5.41, 5.74) is 0.610. The first-order chi connectivity index (χ1) is 7.17. The van der Waals surface area contributed by atoms with Crippen molar-refractivity contribution >= 4 is 5.78 Å². The van der Waals surface area contributed by atoms with Crippen LogP contribution in [0.25, 0.3) is 0 Å². The zero-order valence-electron chi connectivity index (χ0n) is 8.70. The summed E-state index contributed by atoms with van der Waals surface area (Å²) in [4.78, 5) is 11.5. The Morgan fingerprint density at radius 2 is 2.07 bits per heavy atom. The summed E-state index contributed by atoms with van der Waals surface area (Å²) in [6.45, 7) is 0. The summed E-state index contributed by atoms with van der Waals surface area (Å²) >= 11 is 0. The fourth-order valence-electron chi connectivity index (χ4n) is 1.29. The zero-order valence-corrected chi connectivity index (χ0v) is 8.70. The lowest BCUT2D eigenvalue weighted by Gasteiger charge is -2.11. The van der Waals surface area contributed by atoms with E-state index in [-0.39, 0.29) is 18.0 Å². The molecule has 0 amide bonds. The number of rotatable bonds is 5. The van der Waals surface area contributed by atoms with E-state index >= 15 is 0 Å². The Hall–Kier alpha value is -1.26. The lowest BCUT2D eigenvalue weighted by Crippen LogP contribution is -2.26. The van der Waals surface area contributed by atoms with E-state index in [9.17, 15) is 9.18 Å². The summed E-state index contributed by atoms with van der Waals surface area (Å²) in [5, 5.41) is 0. The molecule has 0 atom stereocenters. The van der Waals surface area contributed by atoms with Gasteiger partial charge in [-0.15, -0.1) is 0 Å². The number of benzene rings is 1. The lowest BCUT2D eigenvalue weighted by molar-refractivity contribution is -0.155. The maximum atomic E-state index is 12.8. The maximum absolute atomic E-state index is 12.8. The van der Waals surface area contributed by atoms with Gasteiger partial charge < -0.3 is 9.47 Å². The third kappa shape index (κ3) is 3.42. The molecule has 0 aromatic heterocycles. The van der Waals surface area contributed by atoms with Crippen LogP contribution in [0.5, 0.6) is 0 Å². The average Bonchev–Trinajstić information content (AvgIpc) is 2.19. The molecule has 0 radical (unpaired) electrons. The number of hydrogen-bond donors (Lipinski definition) is 0. The molecule has 0 aliphatic rings. The van der Waals surface area contributed by atoms with Crippen molar-refractivity contribution in [3.05, 3.63) is 35.6 Å². The van der Waals surface area contributed by atoms with E-state index in [1.54, 1.807) is 12.1 Å². The van der Waals surface area contributed by atoms with Crippen LogP contribution in [0.15, 0.2) is 24.3 Å². The van der Waals surface area contributed by atoms with Crippen LogP contribution in [-0.4, -0.2) is 26.3 Å². The van der Waals surface area contributed by atoms with Gasteiger partial charge in [0, 0.05) is 20.6 Å². The van der Waals surface area contributed by atoms with Gasteiger partial charge in [-0.3, -0.25) is 4.79 Å². The van der Waals surface area contributed by atoms with Crippen LogP contribution in [0.1, 0.15) is 5.56 Å². The van der Waals surface area contributed by atoms with Crippen LogP contribution in [0.3, 0.4) is 0 Å². The third-order valence-corrected chi connectivity index (χ3v) is 1.96. The van der Waals surface area contributed by atoms with E-state index in [4.69, 9.17) is 9.47 Å². The monoisotopic (exact) mass is 212 g/mol. The first kappa shape index (κ1) is 11.8. The minimum absolute atomic E-state index is 0.101. The molecule has 0 fully saturated rings. The fraction of sp³-hybridized carbons (Fsp3) is 0.364. The van der Waals surface area contributed by atoms with Crippen molar-refractivity contribution in [2.24, 2.45) is 0 Å². The van der Waals surface area contributed by atoms with Crippen molar-refractivity contribution in [2.75, 3.05) is 14.2 Å². The Bertz CT molecular complexity index is 334. The van der Waals surface area contributed by atoms with Gasteiger partial charge in [0.05, 0.1) is 0 Å². The molecule has 0 bridgehead atoms. The molecule has 3 nitrogen and oxygen atoms in total. The van der Waals surface area contributed by atoms with Crippen molar-refractivity contribution in [3.63, 3.8) is 0 Å². The maximum Gasteiger partial charge on any atom is 0.217 e. The minimum Gasteiger partial charge on any atom is -0.349 e. The van der Waals surface area contributed by atoms with E-state index < -0.39 is 6.29 Å². The van der Waals surface area contributed by atoms with Crippen LogP contribution < -0.4 is 0 Å². The summed E-state index contributed by atoms with van der Waals surface area (Å²) in [6.07, 6.45) is -0.780. The van der Waals surface area contributed by atoms with E-state index in [1.165, 1.54) is 26.4 Å². The van der Waals surface area contributed by atoms with Crippen LogP contribution in [-0.2, 0) is 20.7 Å². The summed E-state index contributed by atoms with van der Waals surface area (Å²) in [7, 11) is 2.77. The van der Waals surface area contributed by atoms with E-state index in [0.29, 0.717) is 5.56 Å². The molecule has 0 N–H and O–H groups in total. The highest BCUT2D eigenvalue weighted by Gasteiger charge is 2.16. The highest BCUT2D eigenvalue weighted by molar-refractivity contribution is 5.84. The Morgan fingerprint density at radius 1 is 1.40 bits per heavy atom. The summed E-state index contributed by atoms with van der Waals surface area (Å²) < 4.78 is 22.4. The normalized spacial score (nSPS) is 10.7. The zero-order chi connectivity index (χ0) is 11.3. The van der Waals surface area contributed by atoms with Crippen molar-refractivity contribution in [2.45, 2.75) is 12.7 Å². The largest absolute Gasteiger partial charge is 0.349 e. The Labute approximate surface area is 87.8 Å². The molecule has 0 saturated carbocycles. The van der Waals surface area contributed by atoms with Gasteiger partial charge in [-0.2, -0.15) is 0 Å². The highest BCUT2D eigenvalue weighted by atomic mass is 19.1. The summed E-state index contributed by atoms with van der Waals surface area (Å²) in [6, 6.07) is 5.90.